The molecule has 1 heterocycles. The topological polar surface area (TPSA) is 37.8 Å². The summed E-state index contributed by atoms with van der Waals surface area (Å²) in [6, 6.07) is 5.14. The number of H-pyrrole nitrogens is 1. The molecule has 3 nitrogen and oxygen atoms in total. The highest BCUT2D eigenvalue weighted by Crippen LogP contribution is 2.25. The van der Waals surface area contributed by atoms with E-state index in [1.54, 1.807) is 29.0 Å². The Morgan fingerprint density at radius 1 is 1.24 bits per heavy atom. The maximum absolute atomic E-state index is 11.8. The van der Waals surface area contributed by atoms with Gasteiger partial charge in [-0.15, -0.1) is 0 Å². The Morgan fingerprint density at radius 2 is 1.94 bits per heavy atom. The third-order valence-corrected chi connectivity index (χ3v) is 3.30. The number of imidazole rings is 1. The Labute approximate surface area is 109 Å². The molecule has 90 valence electrons. The van der Waals surface area contributed by atoms with Gasteiger partial charge in [-0.1, -0.05) is 37.0 Å². The first kappa shape index (κ1) is 12.3. The summed E-state index contributed by atoms with van der Waals surface area (Å²) in [6.07, 6.45) is 1.72. The molecule has 2 rings (SSSR count). The number of nitrogens with one attached hydrogen (secondary N) is 1. The van der Waals surface area contributed by atoms with E-state index < -0.39 is 0 Å². The van der Waals surface area contributed by atoms with Crippen LogP contribution in [0.2, 0.25) is 10.0 Å². The first-order valence-electron chi connectivity index (χ1n) is 5.26. The number of hydrogen-bond donors (Lipinski definition) is 1. The molecule has 0 radical (unpaired) electrons. The molecule has 1 aromatic heterocycles. The molecule has 0 aliphatic carbocycles. The van der Waals surface area contributed by atoms with Gasteiger partial charge in [0.2, 0.25) is 0 Å². The Balaban J connectivity index is 2.63. The van der Waals surface area contributed by atoms with Gasteiger partial charge >= 0.3 is 5.69 Å². The zero-order valence-electron chi connectivity index (χ0n) is 9.50. The van der Waals surface area contributed by atoms with Gasteiger partial charge in [-0.2, -0.15) is 0 Å². The molecule has 0 saturated carbocycles. The molecule has 17 heavy (non-hydrogen) atoms. The van der Waals surface area contributed by atoms with Crippen molar-refractivity contribution in [3.8, 4) is 5.69 Å². The summed E-state index contributed by atoms with van der Waals surface area (Å²) < 4.78 is 1.60. The molecule has 0 spiro atoms. The highest BCUT2D eigenvalue weighted by atomic mass is 35.5. The molecule has 0 amide bonds. The van der Waals surface area contributed by atoms with Crippen LogP contribution in [0, 0.1) is 0 Å². The third-order valence-electron chi connectivity index (χ3n) is 2.56. The van der Waals surface area contributed by atoms with E-state index in [4.69, 9.17) is 23.2 Å². The van der Waals surface area contributed by atoms with Gasteiger partial charge in [-0.25, -0.2) is 4.79 Å². The lowest BCUT2D eigenvalue weighted by molar-refractivity contribution is 0.776. The zero-order valence-corrected chi connectivity index (χ0v) is 11.0. The average Bonchev–Trinajstić information content (AvgIpc) is 2.64. The van der Waals surface area contributed by atoms with Crippen molar-refractivity contribution in [2.75, 3.05) is 0 Å². The van der Waals surface area contributed by atoms with Crippen LogP contribution in [0.3, 0.4) is 0 Å². The van der Waals surface area contributed by atoms with Gasteiger partial charge in [-0.3, -0.25) is 4.57 Å². The Bertz CT molecular complexity index is 599. The maximum Gasteiger partial charge on any atom is 0.330 e. The Kier molecular flexibility index (Phi) is 3.31. The van der Waals surface area contributed by atoms with E-state index in [1.165, 1.54) is 0 Å². The summed E-state index contributed by atoms with van der Waals surface area (Å²) in [6.45, 7) is 4.05. The average molecular weight is 271 g/mol. The summed E-state index contributed by atoms with van der Waals surface area (Å²) in [5.74, 6) is 0.239. The van der Waals surface area contributed by atoms with E-state index in [9.17, 15) is 4.79 Å². The van der Waals surface area contributed by atoms with E-state index in [-0.39, 0.29) is 11.6 Å². The first-order chi connectivity index (χ1) is 8.00. The number of aromatic nitrogens is 2. The number of rotatable bonds is 2. The van der Waals surface area contributed by atoms with Crippen LogP contribution >= 0.6 is 23.2 Å². The van der Waals surface area contributed by atoms with Gasteiger partial charge in [0.05, 0.1) is 15.7 Å². The van der Waals surface area contributed by atoms with Crippen molar-refractivity contribution in [2.24, 2.45) is 0 Å². The molecule has 0 bridgehead atoms. The smallest absolute Gasteiger partial charge is 0.312 e. The molecular formula is C12H12Cl2N2O. The molecule has 0 saturated heterocycles. The summed E-state index contributed by atoms with van der Waals surface area (Å²) in [5.41, 5.74) is 1.45. The molecule has 0 fully saturated rings. The Morgan fingerprint density at radius 3 is 2.53 bits per heavy atom. The monoisotopic (exact) mass is 270 g/mol. The number of benzene rings is 1. The van der Waals surface area contributed by atoms with Crippen molar-refractivity contribution < 1.29 is 0 Å². The zero-order chi connectivity index (χ0) is 12.6. The summed E-state index contributed by atoms with van der Waals surface area (Å²) >= 11 is 11.8. The fraction of sp³-hybridized carbons (Fsp3) is 0.250. The quantitative estimate of drug-likeness (QED) is 0.890. The van der Waals surface area contributed by atoms with Crippen molar-refractivity contribution >= 4 is 23.2 Å². The lowest BCUT2D eigenvalue weighted by Crippen LogP contribution is -2.17. The van der Waals surface area contributed by atoms with E-state index >= 15 is 0 Å². The highest BCUT2D eigenvalue weighted by molar-refractivity contribution is 6.42. The molecular weight excluding hydrogens is 259 g/mol. The lowest BCUT2D eigenvalue weighted by atomic mass is 10.1. The van der Waals surface area contributed by atoms with Crippen LogP contribution in [0.1, 0.15) is 25.5 Å². The molecule has 0 atom stereocenters. The molecule has 2 aromatic rings. The highest BCUT2D eigenvalue weighted by Gasteiger charge is 2.12. The van der Waals surface area contributed by atoms with Crippen LogP contribution in [0.4, 0.5) is 0 Å². The van der Waals surface area contributed by atoms with Gasteiger partial charge < -0.3 is 4.98 Å². The Hall–Kier alpha value is -1.19. The number of hydrogen-bond acceptors (Lipinski definition) is 1. The molecule has 0 aliphatic rings. The van der Waals surface area contributed by atoms with Gasteiger partial charge in [-0.05, 0) is 24.1 Å². The van der Waals surface area contributed by atoms with E-state index in [2.05, 4.69) is 4.98 Å². The molecule has 5 heteroatoms. The van der Waals surface area contributed by atoms with E-state index in [0.29, 0.717) is 15.7 Å². The fourth-order valence-corrected chi connectivity index (χ4v) is 1.99. The predicted molar refractivity (Wildman–Crippen MR) is 70.5 cm³/mol. The second-order valence-electron chi connectivity index (χ2n) is 4.11. The first-order valence-corrected chi connectivity index (χ1v) is 6.02. The standard InChI is InChI=1S/C12H12Cl2N2O/c1-7(2)11-6-15-12(17)16(11)8-3-4-9(13)10(14)5-8/h3-7H,1-2H3,(H,15,17). The van der Waals surface area contributed by atoms with Gasteiger partial charge in [0.1, 0.15) is 0 Å². The molecule has 0 unspecified atom stereocenters. The molecule has 0 aliphatic heterocycles. The molecule has 1 aromatic carbocycles. The second-order valence-corrected chi connectivity index (χ2v) is 4.92. The van der Waals surface area contributed by atoms with Crippen molar-refractivity contribution in [1.82, 2.24) is 9.55 Å². The minimum absolute atomic E-state index is 0.174. The number of nitrogens with zero attached hydrogens (tertiary/aromatic N) is 1. The van der Waals surface area contributed by atoms with Gasteiger partial charge in [0.25, 0.3) is 0 Å². The van der Waals surface area contributed by atoms with Crippen LogP contribution in [0.25, 0.3) is 5.69 Å². The lowest BCUT2D eigenvalue weighted by Gasteiger charge is -2.10. The number of aromatic amines is 1. The fourth-order valence-electron chi connectivity index (χ4n) is 1.70. The van der Waals surface area contributed by atoms with Crippen molar-refractivity contribution in [3.05, 3.63) is 50.6 Å². The number of halogens is 2. The summed E-state index contributed by atoms with van der Waals surface area (Å²) in [5, 5.41) is 0.914. The third kappa shape index (κ3) is 2.26. The van der Waals surface area contributed by atoms with E-state index in [0.717, 1.165) is 5.69 Å². The van der Waals surface area contributed by atoms with Crippen LogP contribution in [-0.4, -0.2) is 9.55 Å². The van der Waals surface area contributed by atoms with Crippen molar-refractivity contribution in [2.45, 2.75) is 19.8 Å². The van der Waals surface area contributed by atoms with Gasteiger partial charge in [0, 0.05) is 11.9 Å². The SMILES string of the molecule is CC(C)c1c[nH]c(=O)n1-c1ccc(Cl)c(Cl)c1. The van der Waals surface area contributed by atoms with Gasteiger partial charge in [0.15, 0.2) is 0 Å². The van der Waals surface area contributed by atoms with Crippen molar-refractivity contribution in [3.63, 3.8) is 0 Å². The largest absolute Gasteiger partial charge is 0.330 e. The van der Waals surface area contributed by atoms with Crippen LogP contribution < -0.4 is 5.69 Å². The van der Waals surface area contributed by atoms with Crippen LogP contribution in [0.5, 0.6) is 0 Å². The van der Waals surface area contributed by atoms with E-state index in [1.807, 2.05) is 13.8 Å². The minimum atomic E-state index is -0.174. The normalized spacial score (nSPS) is 11.1. The van der Waals surface area contributed by atoms with Crippen LogP contribution in [0.15, 0.2) is 29.2 Å². The minimum Gasteiger partial charge on any atom is -0.312 e. The second kappa shape index (κ2) is 4.59. The summed E-state index contributed by atoms with van der Waals surface area (Å²) in [4.78, 5) is 14.5. The maximum atomic E-state index is 11.8. The van der Waals surface area contributed by atoms with Crippen molar-refractivity contribution in [1.29, 1.82) is 0 Å². The molecule has 1 N–H and O–H groups in total. The predicted octanol–water partition coefficient (Wildman–Crippen LogP) is 3.60. The summed E-state index contributed by atoms with van der Waals surface area (Å²) in [7, 11) is 0. The van der Waals surface area contributed by atoms with Crippen LogP contribution in [-0.2, 0) is 0 Å².